The first-order chi connectivity index (χ1) is 14.8. The molecule has 31 heavy (non-hydrogen) atoms. The van der Waals surface area contributed by atoms with Gasteiger partial charge in [0.2, 0.25) is 0 Å². The van der Waals surface area contributed by atoms with Crippen LogP contribution in [0.15, 0.2) is 55.1 Å². The summed E-state index contributed by atoms with van der Waals surface area (Å²) in [5.41, 5.74) is 3.27. The van der Waals surface area contributed by atoms with Crippen LogP contribution in [0.4, 0.5) is 5.69 Å². The van der Waals surface area contributed by atoms with E-state index in [0.29, 0.717) is 32.4 Å². The molecular weight excluding hydrogens is 443 g/mol. The monoisotopic (exact) mass is 460 g/mol. The number of hydrogen-bond donors (Lipinski definition) is 3. The standard InChI is InChI=1S/C21H18Cl2N4O4/c1-3-7-24-20(29)21(30)26-27-16(8-12-5-4-6-17(31-2)18(12)27)19(28)25-15-10-13(22)9-14(23)11-15/h3-6,8-11H,1,7H2,2H3,(H,24,29)(H,25,28)(H,26,30). The number of methoxy groups -OCH3 is 1. The maximum Gasteiger partial charge on any atom is 0.328 e. The first-order valence-electron chi connectivity index (χ1n) is 9.00. The first kappa shape index (κ1) is 22.2. The minimum atomic E-state index is -0.967. The zero-order valence-corrected chi connectivity index (χ0v) is 17.9. The molecule has 0 saturated carbocycles. The number of nitrogens with zero attached hydrogens (tertiary/aromatic N) is 1. The number of carbonyl (C=O) groups is 3. The van der Waals surface area contributed by atoms with Gasteiger partial charge in [-0.3, -0.25) is 19.8 Å². The molecule has 1 aromatic heterocycles. The molecule has 0 aliphatic heterocycles. The van der Waals surface area contributed by atoms with Gasteiger partial charge in [-0.2, -0.15) is 0 Å². The van der Waals surface area contributed by atoms with Crippen LogP contribution in [-0.4, -0.2) is 36.1 Å². The Hall–Kier alpha value is -3.49. The lowest BCUT2D eigenvalue weighted by molar-refractivity contribution is -0.136. The molecule has 0 aliphatic carbocycles. The van der Waals surface area contributed by atoms with E-state index in [2.05, 4.69) is 22.6 Å². The average Bonchev–Trinajstić information content (AvgIpc) is 3.09. The van der Waals surface area contributed by atoms with E-state index in [9.17, 15) is 14.4 Å². The van der Waals surface area contributed by atoms with Crippen LogP contribution in [-0.2, 0) is 9.59 Å². The highest BCUT2D eigenvalue weighted by Gasteiger charge is 2.22. The highest BCUT2D eigenvalue weighted by atomic mass is 35.5. The van der Waals surface area contributed by atoms with Gasteiger partial charge >= 0.3 is 11.8 Å². The normalized spacial score (nSPS) is 10.4. The number of para-hydroxylation sites is 1. The smallest absolute Gasteiger partial charge is 0.328 e. The van der Waals surface area contributed by atoms with Crippen molar-refractivity contribution in [2.75, 3.05) is 24.4 Å². The Balaban J connectivity index is 2.02. The Kier molecular flexibility index (Phi) is 6.84. The Morgan fingerprint density at radius 1 is 1.10 bits per heavy atom. The second-order valence-electron chi connectivity index (χ2n) is 6.31. The number of halogens is 2. The maximum atomic E-state index is 13.0. The van der Waals surface area contributed by atoms with E-state index >= 15 is 0 Å². The van der Waals surface area contributed by atoms with E-state index in [0.717, 1.165) is 0 Å². The SMILES string of the molecule is C=CCNC(=O)C(=O)Nn1c(C(=O)Nc2cc(Cl)cc(Cl)c2)cc2cccc(OC)c21. The van der Waals surface area contributed by atoms with Crippen molar-refractivity contribution in [1.82, 2.24) is 9.99 Å². The number of ether oxygens (including phenoxy) is 1. The molecule has 0 unspecified atom stereocenters. The lowest BCUT2D eigenvalue weighted by Crippen LogP contribution is -2.39. The molecule has 8 nitrogen and oxygen atoms in total. The zero-order valence-electron chi connectivity index (χ0n) is 16.4. The number of benzene rings is 2. The highest BCUT2D eigenvalue weighted by molar-refractivity contribution is 6.38. The third-order valence-electron chi connectivity index (χ3n) is 4.19. The van der Waals surface area contributed by atoms with Crippen LogP contribution in [0, 0.1) is 0 Å². The second kappa shape index (κ2) is 9.55. The Morgan fingerprint density at radius 2 is 1.81 bits per heavy atom. The molecule has 0 bridgehead atoms. The van der Waals surface area contributed by atoms with Gasteiger partial charge in [-0.15, -0.1) is 6.58 Å². The molecule has 0 radical (unpaired) electrons. The van der Waals surface area contributed by atoms with E-state index in [1.54, 1.807) is 24.3 Å². The number of aromatic nitrogens is 1. The highest BCUT2D eigenvalue weighted by Crippen LogP contribution is 2.29. The van der Waals surface area contributed by atoms with Gasteiger partial charge in [0.15, 0.2) is 0 Å². The van der Waals surface area contributed by atoms with E-state index in [-0.39, 0.29) is 12.2 Å². The van der Waals surface area contributed by atoms with Crippen LogP contribution in [0.25, 0.3) is 10.9 Å². The molecule has 3 rings (SSSR count). The fraction of sp³-hybridized carbons (Fsp3) is 0.0952. The number of nitrogens with one attached hydrogen (secondary N) is 3. The summed E-state index contributed by atoms with van der Waals surface area (Å²) in [6, 6.07) is 11.3. The molecule has 3 aromatic rings. The summed E-state index contributed by atoms with van der Waals surface area (Å²) < 4.78 is 6.57. The van der Waals surface area contributed by atoms with Gasteiger partial charge in [0.1, 0.15) is 17.0 Å². The fourth-order valence-electron chi connectivity index (χ4n) is 2.89. The van der Waals surface area contributed by atoms with E-state index < -0.39 is 17.7 Å². The van der Waals surface area contributed by atoms with Crippen molar-refractivity contribution in [3.8, 4) is 5.75 Å². The van der Waals surface area contributed by atoms with Gasteiger partial charge in [0, 0.05) is 27.7 Å². The predicted molar refractivity (Wildman–Crippen MR) is 120 cm³/mol. The molecule has 10 heteroatoms. The van der Waals surface area contributed by atoms with E-state index in [1.165, 1.54) is 36.1 Å². The van der Waals surface area contributed by atoms with Crippen LogP contribution in [0.3, 0.4) is 0 Å². The van der Waals surface area contributed by atoms with E-state index in [4.69, 9.17) is 27.9 Å². The third-order valence-corrected chi connectivity index (χ3v) is 4.62. The van der Waals surface area contributed by atoms with Gasteiger partial charge in [-0.05, 0) is 30.3 Å². The topological polar surface area (TPSA) is 101 Å². The molecule has 2 aromatic carbocycles. The van der Waals surface area contributed by atoms with Crippen molar-refractivity contribution in [3.05, 3.63) is 70.9 Å². The Morgan fingerprint density at radius 3 is 2.45 bits per heavy atom. The number of hydrogen-bond acceptors (Lipinski definition) is 4. The van der Waals surface area contributed by atoms with Crippen molar-refractivity contribution in [2.24, 2.45) is 0 Å². The van der Waals surface area contributed by atoms with Gasteiger partial charge < -0.3 is 15.4 Å². The Bertz CT molecular complexity index is 1170. The van der Waals surface area contributed by atoms with E-state index in [1.807, 2.05) is 0 Å². The molecule has 0 fully saturated rings. The molecule has 0 atom stereocenters. The molecule has 3 amide bonds. The molecule has 0 aliphatic rings. The first-order valence-corrected chi connectivity index (χ1v) is 9.75. The molecule has 0 spiro atoms. The summed E-state index contributed by atoms with van der Waals surface area (Å²) in [6.45, 7) is 3.60. The average molecular weight is 461 g/mol. The minimum Gasteiger partial charge on any atom is -0.494 e. The molecule has 160 valence electrons. The Labute approximate surface area is 187 Å². The summed E-state index contributed by atoms with van der Waals surface area (Å²) in [6.07, 6.45) is 1.44. The summed E-state index contributed by atoms with van der Waals surface area (Å²) in [5.74, 6) is -2.02. The van der Waals surface area contributed by atoms with Crippen LogP contribution < -0.4 is 20.8 Å². The lowest BCUT2D eigenvalue weighted by Gasteiger charge is -2.14. The molecule has 1 heterocycles. The van der Waals surface area contributed by atoms with Crippen molar-refractivity contribution in [3.63, 3.8) is 0 Å². The van der Waals surface area contributed by atoms with Crippen molar-refractivity contribution >= 4 is 57.5 Å². The van der Waals surface area contributed by atoms with Crippen molar-refractivity contribution in [1.29, 1.82) is 0 Å². The summed E-state index contributed by atoms with van der Waals surface area (Å²) >= 11 is 12.0. The van der Waals surface area contributed by atoms with Crippen LogP contribution in [0.5, 0.6) is 5.75 Å². The maximum absolute atomic E-state index is 13.0. The van der Waals surface area contributed by atoms with Gasteiger partial charge in [0.25, 0.3) is 5.91 Å². The molecule has 3 N–H and O–H groups in total. The summed E-state index contributed by atoms with van der Waals surface area (Å²) in [7, 11) is 1.46. The van der Waals surface area contributed by atoms with Gasteiger partial charge in [0.05, 0.1) is 7.11 Å². The van der Waals surface area contributed by atoms with Crippen molar-refractivity contribution in [2.45, 2.75) is 0 Å². The molecular formula is C21H18Cl2N4O4. The van der Waals surface area contributed by atoms with Crippen LogP contribution in [0.2, 0.25) is 10.0 Å². The summed E-state index contributed by atoms with van der Waals surface area (Å²) in [5, 5.41) is 6.36. The zero-order chi connectivity index (χ0) is 22.5. The van der Waals surface area contributed by atoms with Crippen LogP contribution in [0.1, 0.15) is 10.5 Å². The quantitative estimate of drug-likeness (QED) is 0.386. The second-order valence-corrected chi connectivity index (χ2v) is 7.19. The van der Waals surface area contributed by atoms with Gasteiger partial charge in [-0.1, -0.05) is 41.4 Å². The fourth-order valence-corrected chi connectivity index (χ4v) is 3.42. The number of rotatable bonds is 6. The van der Waals surface area contributed by atoms with Crippen molar-refractivity contribution < 1.29 is 19.1 Å². The number of carbonyl (C=O) groups excluding carboxylic acids is 3. The number of amides is 3. The predicted octanol–water partition coefficient (Wildman–Crippen LogP) is 3.58. The third kappa shape index (κ3) is 4.99. The number of anilines is 1. The largest absolute Gasteiger partial charge is 0.494 e. The number of fused-ring (bicyclic) bond motifs is 1. The molecule has 0 saturated heterocycles. The van der Waals surface area contributed by atoms with Gasteiger partial charge in [-0.25, -0.2) is 4.68 Å². The lowest BCUT2D eigenvalue weighted by atomic mass is 10.2. The van der Waals surface area contributed by atoms with Crippen LogP contribution >= 0.6 is 23.2 Å². The summed E-state index contributed by atoms with van der Waals surface area (Å²) in [4.78, 5) is 37.4. The minimum absolute atomic E-state index is 0.0560.